The van der Waals surface area contributed by atoms with Crippen LogP contribution in [0.4, 0.5) is 0 Å². The van der Waals surface area contributed by atoms with Gasteiger partial charge in [0, 0.05) is 0 Å². The minimum absolute atomic E-state index is 0.113. The second-order valence-electron chi connectivity index (χ2n) is 3.29. The molecule has 0 fully saturated rings. The number of methoxy groups -OCH3 is 2. The SMILES string of the molecule is COc1c(I)c(I)c(OC)c2c1C(=N)N=C2N. The van der Waals surface area contributed by atoms with E-state index in [4.69, 9.17) is 20.6 Å². The monoisotopic (exact) mass is 457 g/mol. The van der Waals surface area contributed by atoms with Crippen molar-refractivity contribution in [2.45, 2.75) is 0 Å². The molecule has 5 nitrogen and oxygen atoms in total. The molecule has 1 aliphatic heterocycles. The molecule has 0 atom stereocenters. The van der Waals surface area contributed by atoms with Crippen molar-refractivity contribution in [2.24, 2.45) is 10.7 Å². The number of nitrogens with one attached hydrogen (secondary N) is 1. The summed E-state index contributed by atoms with van der Waals surface area (Å²) in [6.07, 6.45) is 0. The van der Waals surface area contributed by atoms with Crippen LogP contribution in [0.3, 0.4) is 0 Å². The zero-order valence-corrected chi connectivity index (χ0v) is 13.4. The smallest absolute Gasteiger partial charge is 0.158 e. The molecule has 1 aromatic rings. The second kappa shape index (κ2) is 4.59. The van der Waals surface area contributed by atoms with Gasteiger partial charge in [-0.1, -0.05) is 0 Å². The Hall–Kier alpha value is -0.580. The maximum atomic E-state index is 7.84. The standard InChI is InChI=1S/C10H9I2N3O2/c1-16-7-3-4(10(14)15-9(3)13)8(17-2)6(12)5(7)11/h1-2H3,(H3,13,14,15). The number of nitrogens with zero attached hydrogens (tertiary/aromatic N) is 1. The fourth-order valence-corrected chi connectivity index (χ4v) is 3.20. The lowest BCUT2D eigenvalue weighted by molar-refractivity contribution is 0.396. The van der Waals surface area contributed by atoms with Gasteiger partial charge < -0.3 is 15.2 Å². The van der Waals surface area contributed by atoms with Gasteiger partial charge in [-0.15, -0.1) is 0 Å². The number of rotatable bonds is 2. The average Bonchev–Trinajstić information content (AvgIpc) is 2.57. The number of benzene rings is 1. The summed E-state index contributed by atoms with van der Waals surface area (Å²) >= 11 is 4.33. The van der Waals surface area contributed by atoms with Crippen molar-refractivity contribution < 1.29 is 9.47 Å². The number of fused-ring (bicyclic) bond motifs is 1. The number of aliphatic imine (C=N–C) groups is 1. The Labute approximate surface area is 126 Å². The number of ether oxygens (including phenoxy) is 2. The summed E-state index contributed by atoms with van der Waals surface area (Å²) in [7, 11) is 3.15. The minimum atomic E-state index is 0.113. The number of hydrogen-bond donors (Lipinski definition) is 2. The molecule has 90 valence electrons. The molecule has 0 amide bonds. The van der Waals surface area contributed by atoms with Gasteiger partial charge in [-0.25, -0.2) is 4.99 Å². The predicted octanol–water partition coefficient (Wildman–Crippen LogP) is 1.96. The molecule has 7 heteroatoms. The summed E-state index contributed by atoms with van der Waals surface area (Å²) in [5, 5.41) is 7.84. The van der Waals surface area contributed by atoms with Crippen LogP contribution in [0.25, 0.3) is 0 Å². The van der Waals surface area contributed by atoms with Gasteiger partial charge in [0.05, 0.1) is 32.5 Å². The van der Waals surface area contributed by atoms with E-state index >= 15 is 0 Å². The van der Waals surface area contributed by atoms with Crippen molar-refractivity contribution in [3.05, 3.63) is 18.3 Å². The van der Waals surface area contributed by atoms with Crippen LogP contribution in [0.1, 0.15) is 11.1 Å². The molecule has 0 unspecified atom stereocenters. The molecule has 0 radical (unpaired) electrons. The average molecular weight is 457 g/mol. The largest absolute Gasteiger partial charge is 0.495 e. The van der Waals surface area contributed by atoms with E-state index in [1.54, 1.807) is 14.2 Å². The van der Waals surface area contributed by atoms with E-state index < -0.39 is 0 Å². The molecular weight excluding hydrogens is 448 g/mol. The van der Waals surface area contributed by atoms with Crippen LogP contribution in [0.5, 0.6) is 11.5 Å². The lowest BCUT2D eigenvalue weighted by atomic mass is 10.1. The molecule has 0 aliphatic carbocycles. The molecular formula is C10H9I2N3O2. The topological polar surface area (TPSA) is 80.7 Å². The highest BCUT2D eigenvalue weighted by molar-refractivity contribution is 14.1. The van der Waals surface area contributed by atoms with Gasteiger partial charge in [0.15, 0.2) is 5.84 Å². The Bertz CT molecular complexity index is 555. The summed E-state index contributed by atoms with van der Waals surface area (Å²) in [6, 6.07) is 0. The van der Waals surface area contributed by atoms with E-state index in [2.05, 4.69) is 50.2 Å². The zero-order chi connectivity index (χ0) is 12.7. The van der Waals surface area contributed by atoms with Gasteiger partial charge >= 0.3 is 0 Å². The molecule has 0 spiro atoms. The van der Waals surface area contributed by atoms with Gasteiger partial charge in [0.2, 0.25) is 0 Å². The Morgan fingerprint density at radius 1 is 1.06 bits per heavy atom. The normalized spacial score (nSPS) is 13.4. The van der Waals surface area contributed by atoms with Crippen LogP contribution < -0.4 is 15.2 Å². The number of nitrogens with two attached hydrogens (primary N) is 1. The molecule has 3 N–H and O–H groups in total. The van der Waals surface area contributed by atoms with Crippen LogP contribution in [-0.4, -0.2) is 25.9 Å². The first-order valence-corrected chi connectivity index (χ1v) is 6.75. The van der Waals surface area contributed by atoms with Gasteiger partial charge in [-0.05, 0) is 45.2 Å². The summed E-state index contributed by atoms with van der Waals surface area (Å²) in [4.78, 5) is 3.97. The van der Waals surface area contributed by atoms with Crippen molar-refractivity contribution in [1.29, 1.82) is 5.41 Å². The zero-order valence-electron chi connectivity index (χ0n) is 9.10. The van der Waals surface area contributed by atoms with Crippen LogP contribution in [0, 0.1) is 12.5 Å². The van der Waals surface area contributed by atoms with E-state index in [0.29, 0.717) is 28.5 Å². The Kier molecular flexibility index (Phi) is 3.48. The first kappa shape index (κ1) is 12.9. The fourth-order valence-electron chi connectivity index (χ4n) is 1.73. The van der Waals surface area contributed by atoms with Crippen molar-refractivity contribution in [2.75, 3.05) is 14.2 Å². The van der Waals surface area contributed by atoms with Crippen LogP contribution >= 0.6 is 45.2 Å². The summed E-state index contributed by atoms with van der Waals surface area (Å²) in [6.45, 7) is 0. The number of amidine groups is 2. The summed E-state index contributed by atoms with van der Waals surface area (Å²) in [5.74, 6) is 1.69. The molecule has 1 aromatic carbocycles. The predicted molar refractivity (Wildman–Crippen MR) is 82.5 cm³/mol. The van der Waals surface area contributed by atoms with Gasteiger partial charge in [-0.2, -0.15) is 0 Å². The maximum Gasteiger partial charge on any atom is 0.158 e. The summed E-state index contributed by atoms with van der Waals surface area (Å²) in [5.41, 5.74) is 7.08. The molecule has 17 heavy (non-hydrogen) atoms. The molecule has 1 heterocycles. The highest BCUT2D eigenvalue weighted by Gasteiger charge is 2.31. The van der Waals surface area contributed by atoms with E-state index in [9.17, 15) is 0 Å². The Morgan fingerprint density at radius 3 is 2.00 bits per heavy atom. The summed E-state index contributed by atoms with van der Waals surface area (Å²) < 4.78 is 12.5. The van der Waals surface area contributed by atoms with Gasteiger partial charge in [0.25, 0.3) is 0 Å². The van der Waals surface area contributed by atoms with Gasteiger partial charge in [-0.3, -0.25) is 5.41 Å². The first-order valence-electron chi connectivity index (χ1n) is 4.59. The van der Waals surface area contributed by atoms with Crippen LogP contribution in [0.15, 0.2) is 4.99 Å². The first-order chi connectivity index (χ1) is 8.02. The third-order valence-corrected chi connectivity index (χ3v) is 5.52. The molecule has 0 saturated carbocycles. The number of hydrogen-bond acceptors (Lipinski definition) is 4. The lowest BCUT2D eigenvalue weighted by Gasteiger charge is -2.15. The van der Waals surface area contributed by atoms with Crippen LogP contribution in [0.2, 0.25) is 0 Å². The third kappa shape index (κ3) is 1.79. The third-order valence-electron chi connectivity index (χ3n) is 2.43. The fraction of sp³-hybridized carbons (Fsp3) is 0.200. The molecule has 1 aliphatic rings. The highest BCUT2D eigenvalue weighted by atomic mass is 127. The minimum Gasteiger partial charge on any atom is -0.495 e. The quantitative estimate of drug-likeness (QED) is 0.667. The van der Waals surface area contributed by atoms with Crippen molar-refractivity contribution in [1.82, 2.24) is 0 Å². The molecule has 0 bridgehead atoms. The Balaban J connectivity index is 2.90. The van der Waals surface area contributed by atoms with Crippen molar-refractivity contribution in [3.63, 3.8) is 0 Å². The van der Waals surface area contributed by atoms with E-state index in [0.717, 1.165) is 7.14 Å². The Morgan fingerprint density at radius 2 is 1.53 bits per heavy atom. The molecule has 2 rings (SSSR count). The molecule has 0 saturated heterocycles. The van der Waals surface area contributed by atoms with E-state index in [-0.39, 0.29) is 5.84 Å². The number of halogens is 2. The van der Waals surface area contributed by atoms with Crippen molar-refractivity contribution >= 4 is 56.9 Å². The van der Waals surface area contributed by atoms with Crippen LogP contribution in [-0.2, 0) is 0 Å². The maximum absolute atomic E-state index is 7.84. The van der Waals surface area contributed by atoms with E-state index in [1.165, 1.54) is 0 Å². The van der Waals surface area contributed by atoms with Gasteiger partial charge in [0.1, 0.15) is 17.3 Å². The highest BCUT2D eigenvalue weighted by Crippen LogP contribution is 2.42. The van der Waals surface area contributed by atoms with Crippen molar-refractivity contribution in [3.8, 4) is 11.5 Å². The second-order valence-corrected chi connectivity index (χ2v) is 5.45. The lowest BCUT2D eigenvalue weighted by Crippen LogP contribution is -2.14. The van der Waals surface area contributed by atoms with E-state index in [1.807, 2.05) is 0 Å². The molecule has 0 aromatic heterocycles.